The van der Waals surface area contributed by atoms with Crippen LogP contribution in [0.5, 0.6) is 0 Å². The highest BCUT2D eigenvalue weighted by atomic mass is 31.2. The fourth-order valence-electron chi connectivity index (χ4n) is 2.51. The summed E-state index contributed by atoms with van der Waals surface area (Å²) in [5.74, 6) is -1.70. The van der Waals surface area contributed by atoms with E-state index < -0.39 is 44.6 Å². The molecule has 13 nitrogen and oxygen atoms in total. The minimum atomic E-state index is -4.29. The summed E-state index contributed by atoms with van der Waals surface area (Å²) < 4.78 is 23.8. The van der Waals surface area contributed by atoms with Gasteiger partial charge in [-0.05, 0) is 6.92 Å². The van der Waals surface area contributed by atoms with Gasteiger partial charge in [0.15, 0.2) is 12.1 Å². The number of nitrogen functional groups attached to an aromatic ring is 1. The highest BCUT2D eigenvalue weighted by Gasteiger charge is 2.46. The number of aliphatic hydroxyl groups is 3. The molecule has 0 amide bonds. The molecule has 14 heteroatoms. The Labute approximate surface area is 146 Å². The smallest absolute Gasteiger partial charge is 0.356 e. The summed E-state index contributed by atoms with van der Waals surface area (Å²) in [7, 11) is -4.29. The molecule has 0 spiro atoms. The van der Waals surface area contributed by atoms with Crippen molar-refractivity contribution in [3.8, 4) is 0 Å². The van der Waals surface area contributed by atoms with E-state index in [2.05, 4.69) is 9.97 Å². The number of hydrogen-bond acceptors (Lipinski definition) is 10. The van der Waals surface area contributed by atoms with Crippen molar-refractivity contribution in [2.24, 2.45) is 0 Å². The van der Waals surface area contributed by atoms with Gasteiger partial charge in [0.05, 0.1) is 6.61 Å². The maximum atomic E-state index is 11.6. The van der Waals surface area contributed by atoms with E-state index in [1.165, 1.54) is 10.9 Å². The second-order valence-corrected chi connectivity index (χ2v) is 7.97. The molecule has 1 aliphatic rings. The van der Waals surface area contributed by atoms with Gasteiger partial charge in [-0.3, -0.25) is 9.13 Å². The third-order valence-corrected chi connectivity index (χ3v) is 5.52. The summed E-state index contributed by atoms with van der Waals surface area (Å²) in [6.07, 6.45) is -2.85. The van der Waals surface area contributed by atoms with Crippen molar-refractivity contribution in [1.29, 1.82) is 0 Å². The minimum absolute atomic E-state index is 0.0835. The summed E-state index contributed by atoms with van der Waals surface area (Å²) >= 11 is 0. The Bertz CT molecular complexity index is 860. The number of fused-ring (bicyclic) bond motifs is 1. The summed E-state index contributed by atoms with van der Waals surface area (Å²) in [6.45, 7) is 0.553. The molecule has 144 valence electrons. The predicted molar refractivity (Wildman–Crippen MR) is 82.7 cm³/mol. The first-order valence-electron chi connectivity index (χ1n) is 7.52. The van der Waals surface area contributed by atoms with Gasteiger partial charge in [-0.25, -0.2) is 4.98 Å². The number of aromatic nitrogens is 4. The van der Waals surface area contributed by atoms with Gasteiger partial charge in [0.2, 0.25) is 11.2 Å². The van der Waals surface area contributed by atoms with Crippen LogP contribution in [0.25, 0.3) is 11.2 Å². The Kier molecular flexibility index (Phi) is 4.88. The molecule has 1 saturated heterocycles. The van der Waals surface area contributed by atoms with Crippen molar-refractivity contribution in [2.45, 2.75) is 37.3 Å². The number of imidazole rings is 1. The van der Waals surface area contributed by atoms with Crippen LogP contribution in [0.4, 0.5) is 5.82 Å². The monoisotopic (exact) mass is 392 g/mol. The van der Waals surface area contributed by atoms with E-state index in [1.807, 2.05) is 0 Å². The van der Waals surface area contributed by atoms with Crippen LogP contribution in [0, 0.1) is 0 Å². The van der Waals surface area contributed by atoms with Crippen molar-refractivity contribution in [2.75, 3.05) is 12.3 Å². The second kappa shape index (κ2) is 6.70. The first-order chi connectivity index (χ1) is 12.1. The van der Waals surface area contributed by atoms with E-state index in [9.17, 15) is 30.0 Å². The van der Waals surface area contributed by atoms with E-state index in [0.717, 1.165) is 13.3 Å². The molecule has 2 unspecified atom stereocenters. The van der Waals surface area contributed by atoms with E-state index in [0.29, 0.717) is 4.73 Å². The van der Waals surface area contributed by atoms with Gasteiger partial charge in [0.25, 0.3) is 12.1 Å². The lowest BCUT2D eigenvalue weighted by atomic mass is 10.1. The number of nitrogens with two attached hydrogens (primary N) is 1. The molecule has 1 fully saturated rings. The molecule has 0 aromatic carbocycles. The molecule has 0 bridgehead atoms. The van der Waals surface area contributed by atoms with Crippen LogP contribution < -0.4 is 10.5 Å². The largest absolute Gasteiger partial charge is 0.387 e. The quantitative estimate of drug-likeness (QED) is 0.182. The average Bonchev–Trinajstić information content (AvgIpc) is 3.12. The molecule has 3 heterocycles. The summed E-state index contributed by atoms with van der Waals surface area (Å²) in [4.78, 5) is 17.4. The molecule has 2 aromatic rings. The third kappa shape index (κ3) is 3.14. The highest BCUT2D eigenvalue weighted by molar-refractivity contribution is 7.53. The summed E-state index contributed by atoms with van der Waals surface area (Å²) in [6, 6.07) is 0. The third-order valence-electron chi connectivity index (χ3n) is 4.05. The molecular formula is C12H19N5O8P+. The number of anilines is 1. The maximum Gasteiger partial charge on any atom is 0.356 e. The van der Waals surface area contributed by atoms with E-state index in [-0.39, 0.29) is 17.0 Å². The molecule has 26 heavy (non-hydrogen) atoms. The Morgan fingerprint density at radius 3 is 2.81 bits per heavy atom. The number of nitrogens with zero attached hydrogens (tertiary/aromatic N) is 4. The molecule has 7 N–H and O–H groups in total. The van der Waals surface area contributed by atoms with Gasteiger partial charge >= 0.3 is 7.60 Å². The number of aliphatic hydroxyl groups excluding tert-OH is 3. The van der Waals surface area contributed by atoms with E-state index >= 15 is 0 Å². The Balaban J connectivity index is 1.82. The molecule has 0 aliphatic carbocycles. The topological polar surface area (TPSA) is 197 Å². The number of rotatable bonds is 5. The van der Waals surface area contributed by atoms with Gasteiger partial charge in [0.1, 0.15) is 24.6 Å². The molecule has 0 saturated carbocycles. The Hall–Kier alpha value is -1.86. The van der Waals surface area contributed by atoms with Gasteiger partial charge in [0, 0.05) is 0 Å². The minimum Gasteiger partial charge on any atom is -0.387 e. The molecule has 3 rings (SSSR count). The van der Waals surface area contributed by atoms with E-state index in [4.69, 9.17) is 15.0 Å². The van der Waals surface area contributed by atoms with Crippen LogP contribution in [-0.4, -0.2) is 70.7 Å². The molecule has 6 atom stereocenters. The standard InChI is InChI=1S/C12H18N5O8P/c1-5(18)26(22,23)24-2-6-8(19)9(20)12(25-6)16-3-14-7-10(13)17(21)4-15-11(7)16/h3-6,8-9,12-13,18-21H,2H2,1H3,(H,22,23)/p+1/t5?,6-,8-,9-,12-/m1/s1. The lowest BCUT2D eigenvalue weighted by Crippen LogP contribution is -2.35. The predicted octanol–water partition coefficient (Wildman–Crippen LogP) is -2.30. The van der Waals surface area contributed by atoms with Crippen molar-refractivity contribution < 1.29 is 44.0 Å². The molecular weight excluding hydrogens is 373 g/mol. The van der Waals surface area contributed by atoms with Crippen LogP contribution in [0.2, 0.25) is 0 Å². The van der Waals surface area contributed by atoms with Crippen LogP contribution in [0.1, 0.15) is 13.2 Å². The first-order valence-corrected chi connectivity index (χ1v) is 9.16. The van der Waals surface area contributed by atoms with Crippen LogP contribution >= 0.6 is 7.60 Å². The van der Waals surface area contributed by atoms with Crippen LogP contribution in [0.15, 0.2) is 12.7 Å². The molecule has 2 aromatic heterocycles. The van der Waals surface area contributed by atoms with Crippen molar-refractivity contribution in [3.63, 3.8) is 0 Å². The Morgan fingerprint density at radius 2 is 2.15 bits per heavy atom. The van der Waals surface area contributed by atoms with Crippen LogP contribution in [-0.2, 0) is 13.8 Å². The number of hydrogen-bond donors (Lipinski definition) is 6. The van der Waals surface area contributed by atoms with Crippen molar-refractivity contribution >= 4 is 24.6 Å². The zero-order valence-electron chi connectivity index (χ0n) is 13.5. The van der Waals surface area contributed by atoms with Crippen LogP contribution in [0.3, 0.4) is 0 Å². The summed E-state index contributed by atoms with van der Waals surface area (Å²) in [5.41, 5.74) is 6.02. The van der Waals surface area contributed by atoms with Crippen molar-refractivity contribution in [1.82, 2.24) is 14.5 Å². The molecule has 1 aliphatic heterocycles. The first kappa shape index (κ1) is 18.9. The molecule has 0 radical (unpaired) electrons. The zero-order valence-corrected chi connectivity index (χ0v) is 14.4. The fourth-order valence-corrected chi connectivity index (χ4v) is 3.09. The van der Waals surface area contributed by atoms with Gasteiger partial charge in [-0.2, -0.15) is 0 Å². The lowest BCUT2D eigenvalue weighted by Gasteiger charge is -2.19. The van der Waals surface area contributed by atoms with Gasteiger partial charge in [-0.1, -0.05) is 9.71 Å². The lowest BCUT2D eigenvalue weighted by molar-refractivity contribution is -0.894. The van der Waals surface area contributed by atoms with Crippen molar-refractivity contribution in [3.05, 3.63) is 12.7 Å². The van der Waals surface area contributed by atoms with E-state index in [1.54, 1.807) is 0 Å². The Morgan fingerprint density at radius 1 is 1.46 bits per heavy atom. The average molecular weight is 392 g/mol. The second-order valence-electron chi connectivity index (χ2n) is 5.84. The van der Waals surface area contributed by atoms with Gasteiger partial charge in [-0.15, -0.1) is 0 Å². The zero-order chi connectivity index (χ0) is 19.2. The number of ether oxygens (including phenoxy) is 1. The maximum absolute atomic E-state index is 11.6. The summed E-state index contributed by atoms with van der Waals surface area (Å²) in [5, 5.41) is 39.1. The highest BCUT2D eigenvalue weighted by Crippen LogP contribution is 2.46. The fraction of sp³-hybridized carbons (Fsp3) is 0.583. The van der Waals surface area contributed by atoms with Gasteiger partial charge < -0.3 is 40.4 Å². The SMILES string of the molecule is CC(O)P(=O)(O)OC[C@H]1O[C@@H](n2cnc3c(N)[n+](O)cnc32)[C@H](O)[C@@H]1O. The normalized spacial score (nSPS) is 29.7.